The Kier molecular flexibility index (Phi) is 4.31. The van der Waals surface area contributed by atoms with Gasteiger partial charge in [0.15, 0.2) is 0 Å². The summed E-state index contributed by atoms with van der Waals surface area (Å²) < 4.78 is 5.08. The van der Waals surface area contributed by atoms with Crippen LogP contribution in [0.15, 0.2) is 29.2 Å². The minimum absolute atomic E-state index is 0.157. The van der Waals surface area contributed by atoms with Gasteiger partial charge in [0, 0.05) is 18.0 Å². The second-order valence-corrected chi connectivity index (χ2v) is 5.57. The zero-order chi connectivity index (χ0) is 13.8. The maximum absolute atomic E-state index is 12.1. The number of rotatable bonds is 4. The molecule has 102 valence electrons. The van der Waals surface area contributed by atoms with Crippen molar-refractivity contribution in [2.75, 3.05) is 20.2 Å². The number of carbonyl (C=O) groups excluding carboxylic acids is 2. The lowest BCUT2D eigenvalue weighted by Gasteiger charge is -2.17. The molecule has 1 unspecified atom stereocenters. The second kappa shape index (κ2) is 5.97. The molecule has 1 aromatic rings. The van der Waals surface area contributed by atoms with Crippen LogP contribution in [0.1, 0.15) is 6.92 Å². The van der Waals surface area contributed by atoms with E-state index in [2.05, 4.69) is 5.32 Å². The van der Waals surface area contributed by atoms with Crippen molar-refractivity contribution >= 4 is 23.7 Å². The molecule has 3 amide bonds. The van der Waals surface area contributed by atoms with Crippen LogP contribution in [0.3, 0.4) is 0 Å². The summed E-state index contributed by atoms with van der Waals surface area (Å²) in [4.78, 5) is 25.8. The molecule has 5 nitrogen and oxygen atoms in total. The molecule has 1 aliphatic heterocycles. The van der Waals surface area contributed by atoms with Gasteiger partial charge in [-0.05, 0) is 31.2 Å². The van der Waals surface area contributed by atoms with Gasteiger partial charge in [-0.15, -0.1) is 11.8 Å². The number of nitrogens with one attached hydrogen (secondary N) is 1. The monoisotopic (exact) mass is 280 g/mol. The second-order valence-electron chi connectivity index (χ2n) is 4.16. The summed E-state index contributed by atoms with van der Waals surface area (Å²) in [6.45, 7) is 2.79. The van der Waals surface area contributed by atoms with Crippen LogP contribution in [0, 0.1) is 0 Å². The van der Waals surface area contributed by atoms with Gasteiger partial charge in [0.25, 0.3) is 0 Å². The van der Waals surface area contributed by atoms with Crippen LogP contribution in [-0.2, 0) is 4.79 Å². The third-order valence-corrected chi connectivity index (χ3v) is 3.94. The third-order valence-electron chi connectivity index (χ3n) is 2.84. The fourth-order valence-corrected chi connectivity index (χ4v) is 2.74. The molecule has 0 radical (unpaired) electrons. The highest BCUT2D eigenvalue weighted by Gasteiger charge is 2.29. The number of ether oxygens (including phenoxy) is 1. The van der Waals surface area contributed by atoms with Crippen molar-refractivity contribution in [3.05, 3.63) is 24.3 Å². The Morgan fingerprint density at radius 2 is 2.11 bits per heavy atom. The lowest BCUT2D eigenvalue weighted by molar-refractivity contribution is -0.126. The van der Waals surface area contributed by atoms with Crippen LogP contribution in [0.5, 0.6) is 5.75 Å². The van der Waals surface area contributed by atoms with E-state index in [4.69, 9.17) is 4.74 Å². The van der Waals surface area contributed by atoms with E-state index in [1.54, 1.807) is 7.11 Å². The van der Waals surface area contributed by atoms with Gasteiger partial charge in [0.05, 0.1) is 12.4 Å². The molecule has 1 saturated heterocycles. The van der Waals surface area contributed by atoms with Gasteiger partial charge in [-0.1, -0.05) is 0 Å². The summed E-state index contributed by atoms with van der Waals surface area (Å²) in [5.74, 6) is 0.623. The lowest BCUT2D eigenvalue weighted by Crippen LogP contribution is -2.38. The predicted molar refractivity (Wildman–Crippen MR) is 73.4 cm³/mol. The minimum Gasteiger partial charge on any atom is -0.497 e. The minimum atomic E-state index is -0.299. The molecule has 0 aromatic heterocycles. The fraction of sp³-hybridized carbons (Fsp3) is 0.385. The first-order valence-electron chi connectivity index (χ1n) is 6.01. The van der Waals surface area contributed by atoms with E-state index in [0.717, 1.165) is 10.6 Å². The van der Waals surface area contributed by atoms with Crippen LogP contribution in [0.4, 0.5) is 4.79 Å². The number of hydrogen-bond acceptors (Lipinski definition) is 4. The molecule has 2 rings (SSSR count). The highest BCUT2D eigenvalue weighted by Crippen LogP contribution is 2.26. The lowest BCUT2D eigenvalue weighted by atomic mass is 10.3. The van der Waals surface area contributed by atoms with Gasteiger partial charge in [0.2, 0.25) is 5.91 Å². The topological polar surface area (TPSA) is 58.6 Å². The van der Waals surface area contributed by atoms with Crippen molar-refractivity contribution in [1.29, 1.82) is 0 Å². The number of carbonyl (C=O) groups is 2. The average Bonchev–Trinajstić information content (AvgIpc) is 2.85. The van der Waals surface area contributed by atoms with Gasteiger partial charge in [-0.2, -0.15) is 0 Å². The Hall–Kier alpha value is -1.69. The normalized spacial score (nSPS) is 16.1. The Morgan fingerprint density at radius 3 is 2.63 bits per heavy atom. The average molecular weight is 280 g/mol. The largest absolute Gasteiger partial charge is 0.497 e. The van der Waals surface area contributed by atoms with E-state index >= 15 is 0 Å². The number of amides is 3. The van der Waals surface area contributed by atoms with Gasteiger partial charge >= 0.3 is 6.03 Å². The van der Waals surface area contributed by atoms with E-state index in [9.17, 15) is 9.59 Å². The summed E-state index contributed by atoms with van der Waals surface area (Å²) in [5.41, 5.74) is 0. The molecule has 1 heterocycles. The van der Waals surface area contributed by atoms with Gasteiger partial charge in [0.1, 0.15) is 5.75 Å². The first-order chi connectivity index (χ1) is 9.11. The van der Waals surface area contributed by atoms with E-state index in [0.29, 0.717) is 13.1 Å². The fourth-order valence-electron chi connectivity index (χ4n) is 1.81. The highest BCUT2D eigenvalue weighted by molar-refractivity contribution is 8.00. The summed E-state index contributed by atoms with van der Waals surface area (Å²) in [6.07, 6.45) is 0. The first-order valence-corrected chi connectivity index (χ1v) is 6.89. The molecule has 1 atom stereocenters. The van der Waals surface area contributed by atoms with Crippen LogP contribution in [-0.4, -0.2) is 42.3 Å². The summed E-state index contributed by atoms with van der Waals surface area (Å²) in [7, 11) is 1.61. The van der Waals surface area contributed by atoms with Crippen LogP contribution in [0.25, 0.3) is 0 Å². The molecule has 1 fully saturated rings. The first kappa shape index (κ1) is 13.7. The van der Waals surface area contributed by atoms with Gasteiger partial charge < -0.3 is 10.1 Å². The van der Waals surface area contributed by atoms with E-state index in [1.807, 2.05) is 31.2 Å². The molecule has 1 N–H and O–H groups in total. The van der Waals surface area contributed by atoms with Crippen molar-refractivity contribution in [2.45, 2.75) is 17.1 Å². The molecular weight excluding hydrogens is 264 g/mol. The third kappa shape index (κ3) is 3.20. The van der Waals surface area contributed by atoms with Crippen LogP contribution in [0.2, 0.25) is 0 Å². The zero-order valence-corrected chi connectivity index (χ0v) is 11.7. The summed E-state index contributed by atoms with van der Waals surface area (Å²) in [6, 6.07) is 7.20. The van der Waals surface area contributed by atoms with Crippen LogP contribution >= 0.6 is 11.8 Å². The molecule has 1 aliphatic rings. The molecule has 0 bridgehead atoms. The predicted octanol–water partition coefficient (Wildman–Crippen LogP) is 1.73. The number of imide groups is 1. The summed E-state index contributed by atoms with van der Waals surface area (Å²) in [5, 5.41) is 2.33. The van der Waals surface area contributed by atoms with Gasteiger partial charge in [-0.3, -0.25) is 9.69 Å². The van der Waals surface area contributed by atoms with E-state index < -0.39 is 0 Å². The van der Waals surface area contributed by atoms with E-state index in [1.165, 1.54) is 16.7 Å². The Morgan fingerprint density at radius 1 is 1.42 bits per heavy atom. The highest BCUT2D eigenvalue weighted by atomic mass is 32.2. The Bertz CT molecular complexity index is 475. The number of hydrogen-bond donors (Lipinski definition) is 1. The molecule has 0 saturated carbocycles. The Labute approximate surface area is 116 Å². The molecule has 0 spiro atoms. The summed E-state index contributed by atoms with van der Waals surface area (Å²) >= 11 is 1.43. The number of nitrogens with zero attached hydrogens (tertiary/aromatic N) is 1. The maximum Gasteiger partial charge on any atom is 0.324 e. The number of urea groups is 1. The SMILES string of the molecule is COc1ccc(SC(C)C(=O)N2CCNC2=O)cc1. The molecule has 0 aliphatic carbocycles. The van der Waals surface area contributed by atoms with Crippen molar-refractivity contribution in [1.82, 2.24) is 10.2 Å². The van der Waals surface area contributed by atoms with Gasteiger partial charge in [-0.25, -0.2) is 4.79 Å². The standard InChI is InChI=1S/C13H16N2O3S/c1-9(12(16)15-8-7-14-13(15)17)19-11-5-3-10(18-2)4-6-11/h3-6,9H,7-8H2,1-2H3,(H,14,17). The van der Waals surface area contributed by atoms with Crippen LogP contribution < -0.4 is 10.1 Å². The number of benzene rings is 1. The Balaban J connectivity index is 1.97. The van der Waals surface area contributed by atoms with Crippen molar-refractivity contribution in [2.24, 2.45) is 0 Å². The van der Waals surface area contributed by atoms with Crippen molar-refractivity contribution in [3.63, 3.8) is 0 Å². The number of methoxy groups -OCH3 is 1. The molecular formula is C13H16N2O3S. The quantitative estimate of drug-likeness (QED) is 0.853. The smallest absolute Gasteiger partial charge is 0.324 e. The molecule has 19 heavy (non-hydrogen) atoms. The van der Waals surface area contributed by atoms with E-state index in [-0.39, 0.29) is 17.2 Å². The van der Waals surface area contributed by atoms with Crippen molar-refractivity contribution < 1.29 is 14.3 Å². The molecule has 1 aromatic carbocycles. The van der Waals surface area contributed by atoms with Crippen molar-refractivity contribution in [3.8, 4) is 5.75 Å². The maximum atomic E-state index is 12.1. The molecule has 6 heteroatoms. The zero-order valence-electron chi connectivity index (χ0n) is 10.9. The number of thioether (sulfide) groups is 1.